The van der Waals surface area contributed by atoms with Crippen LogP contribution < -0.4 is 5.73 Å². The first kappa shape index (κ1) is 7.77. The summed E-state index contributed by atoms with van der Waals surface area (Å²) in [7, 11) is 0. The fraction of sp³-hybridized carbons (Fsp3) is 0.0769. The van der Waals surface area contributed by atoms with Crippen LogP contribution in [0.15, 0.2) is 60.7 Å². The molecule has 0 radical (unpaired) electrons. The molecule has 0 amide bonds. The minimum atomic E-state index is -0.0487. The van der Waals surface area contributed by atoms with Gasteiger partial charge in [-0.05, 0) is 11.1 Å². The predicted octanol–water partition coefficient (Wildman–Crippen LogP) is 2.73. The average molecular weight is 184 g/mol. The summed E-state index contributed by atoms with van der Waals surface area (Å²) in [6.07, 6.45) is 0. The number of benzene rings is 2. The van der Waals surface area contributed by atoms with Crippen molar-refractivity contribution >= 4 is 0 Å². The summed E-state index contributed by atoms with van der Waals surface area (Å²) >= 11 is 0. The Bertz CT molecular complexity index is 360. The SMILES string of the molecule is [2H]NC(c1ccccc1)c1ccccc1. The summed E-state index contributed by atoms with van der Waals surface area (Å²) in [6, 6.07) is 20.0. The van der Waals surface area contributed by atoms with Gasteiger partial charge in [0.1, 0.15) is 1.41 Å². The van der Waals surface area contributed by atoms with Crippen molar-refractivity contribution in [2.24, 2.45) is 5.73 Å². The number of hydrogen-bond acceptors (Lipinski definition) is 1. The Morgan fingerprint density at radius 3 is 1.57 bits per heavy atom. The largest absolute Gasteiger partial charge is 0.320 e. The molecule has 0 bridgehead atoms. The van der Waals surface area contributed by atoms with Crippen molar-refractivity contribution in [3.8, 4) is 0 Å². The minimum absolute atomic E-state index is 0.0487. The predicted molar refractivity (Wildman–Crippen MR) is 58.9 cm³/mol. The van der Waals surface area contributed by atoms with E-state index in [-0.39, 0.29) is 6.04 Å². The lowest BCUT2D eigenvalue weighted by molar-refractivity contribution is 0.871. The van der Waals surface area contributed by atoms with Crippen LogP contribution in [0.1, 0.15) is 17.2 Å². The number of rotatable bonds is 3. The van der Waals surface area contributed by atoms with E-state index in [2.05, 4.69) is 5.73 Å². The van der Waals surface area contributed by atoms with Crippen LogP contribution in [0.3, 0.4) is 0 Å². The third-order valence-corrected chi connectivity index (χ3v) is 2.27. The zero-order valence-electron chi connectivity index (χ0n) is 8.85. The third kappa shape index (κ3) is 1.83. The first-order chi connectivity index (χ1) is 7.42. The molecule has 0 aliphatic carbocycles. The van der Waals surface area contributed by atoms with E-state index in [1.165, 1.54) is 0 Å². The highest BCUT2D eigenvalue weighted by molar-refractivity contribution is 5.30. The van der Waals surface area contributed by atoms with E-state index < -0.39 is 0 Å². The standard InChI is InChI=1S/C13H13N/c14-13(11-7-3-1-4-8-11)12-9-5-2-6-10-12/h1-10,13H,14H2/i/hD. The molecular formula is C13H13N. The molecule has 14 heavy (non-hydrogen) atoms. The summed E-state index contributed by atoms with van der Waals surface area (Å²) < 4.78 is 7.38. The topological polar surface area (TPSA) is 26.0 Å². The third-order valence-electron chi connectivity index (χ3n) is 2.27. The molecule has 70 valence electrons. The summed E-state index contributed by atoms with van der Waals surface area (Å²) in [5.41, 5.74) is 4.80. The van der Waals surface area contributed by atoms with Crippen molar-refractivity contribution in [1.82, 2.24) is 0 Å². The van der Waals surface area contributed by atoms with Crippen LogP contribution in [0.4, 0.5) is 0 Å². The maximum Gasteiger partial charge on any atom is 0.119 e. The Kier molecular flexibility index (Phi) is 2.26. The van der Waals surface area contributed by atoms with Gasteiger partial charge in [0.25, 0.3) is 0 Å². The second-order valence-electron chi connectivity index (χ2n) is 3.25. The fourth-order valence-electron chi connectivity index (χ4n) is 1.48. The normalized spacial score (nSPS) is 11.4. The van der Waals surface area contributed by atoms with Crippen LogP contribution in [0.25, 0.3) is 0 Å². The van der Waals surface area contributed by atoms with E-state index in [1.54, 1.807) is 0 Å². The Hall–Kier alpha value is -1.60. The molecule has 2 N–H and O–H groups in total. The second kappa shape index (κ2) is 4.07. The van der Waals surface area contributed by atoms with Crippen molar-refractivity contribution in [1.29, 1.82) is 0 Å². The van der Waals surface area contributed by atoms with Crippen molar-refractivity contribution < 1.29 is 1.41 Å². The summed E-state index contributed by atoms with van der Waals surface area (Å²) in [5.74, 6) is 0. The summed E-state index contributed by atoms with van der Waals surface area (Å²) in [4.78, 5) is 0. The maximum absolute atomic E-state index is 7.38. The van der Waals surface area contributed by atoms with Crippen molar-refractivity contribution in [2.45, 2.75) is 6.04 Å². The van der Waals surface area contributed by atoms with E-state index in [1.807, 2.05) is 60.7 Å². The molecule has 0 saturated heterocycles. The zero-order chi connectivity index (χ0) is 10.5. The van der Waals surface area contributed by atoms with Gasteiger partial charge in [-0.1, -0.05) is 60.7 Å². The van der Waals surface area contributed by atoms with Gasteiger partial charge in [-0.25, -0.2) is 0 Å². The molecule has 1 nitrogen and oxygen atoms in total. The average Bonchev–Trinajstić information content (AvgIpc) is 2.33. The van der Waals surface area contributed by atoms with E-state index in [9.17, 15) is 0 Å². The molecule has 2 aromatic rings. The van der Waals surface area contributed by atoms with E-state index in [0.717, 1.165) is 11.1 Å². The lowest BCUT2D eigenvalue weighted by Gasteiger charge is -2.11. The molecule has 0 saturated carbocycles. The van der Waals surface area contributed by atoms with Gasteiger partial charge in [-0.15, -0.1) is 0 Å². The molecule has 2 aromatic carbocycles. The van der Waals surface area contributed by atoms with Gasteiger partial charge in [-0.2, -0.15) is 0 Å². The second-order valence-corrected chi connectivity index (χ2v) is 3.25. The molecule has 0 heterocycles. The Morgan fingerprint density at radius 1 is 0.786 bits per heavy atom. The van der Waals surface area contributed by atoms with Gasteiger partial charge < -0.3 is 5.73 Å². The summed E-state index contributed by atoms with van der Waals surface area (Å²) in [6.45, 7) is 0. The van der Waals surface area contributed by atoms with Crippen LogP contribution in [-0.4, -0.2) is 0 Å². The number of nitrogens with two attached hydrogens (primary N) is 1. The molecule has 0 atom stereocenters. The van der Waals surface area contributed by atoms with Gasteiger partial charge in [0, 0.05) is 0 Å². The Labute approximate surface area is 85.7 Å². The first-order valence-corrected chi connectivity index (χ1v) is 4.69. The molecule has 0 unspecified atom stereocenters. The quantitative estimate of drug-likeness (QED) is 0.779. The van der Waals surface area contributed by atoms with Crippen molar-refractivity contribution in [2.75, 3.05) is 0 Å². The van der Waals surface area contributed by atoms with Crippen molar-refractivity contribution in [3.63, 3.8) is 0 Å². The van der Waals surface area contributed by atoms with E-state index >= 15 is 0 Å². The Balaban J connectivity index is 2.34. The van der Waals surface area contributed by atoms with Gasteiger partial charge in [0.15, 0.2) is 0 Å². The van der Waals surface area contributed by atoms with Crippen molar-refractivity contribution in [3.05, 3.63) is 71.8 Å². The van der Waals surface area contributed by atoms with Crippen LogP contribution >= 0.6 is 0 Å². The maximum atomic E-state index is 7.38. The van der Waals surface area contributed by atoms with Crippen LogP contribution in [-0.2, 0) is 0 Å². The smallest absolute Gasteiger partial charge is 0.119 e. The van der Waals surface area contributed by atoms with E-state index in [4.69, 9.17) is 1.41 Å². The van der Waals surface area contributed by atoms with Gasteiger partial charge in [0.2, 0.25) is 0 Å². The zero-order valence-corrected chi connectivity index (χ0v) is 7.85. The number of hydrogen-bond donors (Lipinski definition) is 1. The Morgan fingerprint density at radius 2 is 1.21 bits per heavy atom. The highest BCUT2D eigenvalue weighted by Crippen LogP contribution is 2.18. The molecular weight excluding hydrogens is 170 g/mol. The van der Waals surface area contributed by atoms with Crippen LogP contribution in [0.2, 0.25) is 1.41 Å². The first-order valence-electron chi connectivity index (χ1n) is 5.19. The van der Waals surface area contributed by atoms with E-state index in [0.29, 0.717) is 0 Å². The minimum Gasteiger partial charge on any atom is -0.320 e. The van der Waals surface area contributed by atoms with Crippen LogP contribution in [0, 0.1) is 0 Å². The molecule has 1 heteroatoms. The fourth-order valence-corrected chi connectivity index (χ4v) is 1.48. The molecule has 0 aliphatic heterocycles. The van der Waals surface area contributed by atoms with Gasteiger partial charge in [0.05, 0.1) is 6.04 Å². The summed E-state index contributed by atoms with van der Waals surface area (Å²) in [5, 5.41) is 0. The molecule has 0 fully saturated rings. The highest BCUT2D eigenvalue weighted by atomic mass is 14.6. The monoisotopic (exact) mass is 184 g/mol. The molecule has 0 aliphatic rings. The molecule has 0 aromatic heterocycles. The highest BCUT2D eigenvalue weighted by Gasteiger charge is 2.06. The van der Waals surface area contributed by atoms with Gasteiger partial charge >= 0.3 is 0 Å². The molecule has 2 rings (SSSR count). The lowest BCUT2D eigenvalue weighted by atomic mass is 10.00. The van der Waals surface area contributed by atoms with Gasteiger partial charge in [-0.3, -0.25) is 0 Å². The lowest BCUT2D eigenvalue weighted by Crippen LogP contribution is -2.11. The van der Waals surface area contributed by atoms with Crippen LogP contribution in [0.5, 0.6) is 0 Å². The molecule has 0 spiro atoms.